The van der Waals surface area contributed by atoms with Crippen LogP contribution >= 0.6 is 0 Å². The van der Waals surface area contributed by atoms with Crippen molar-refractivity contribution in [1.82, 2.24) is 10.2 Å². The van der Waals surface area contributed by atoms with Gasteiger partial charge in [-0.3, -0.25) is 0 Å². The van der Waals surface area contributed by atoms with Crippen molar-refractivity contribution < 1.29 is 0 Å². The summed E-state index contributed by atoms with van der Waals surface area (Å²) < 4.78 is 0. The number of benzene rings is 1. The van der Waals surface area contributed by atoms with Crippen LogP contribution in [0.25, 0.3) is 0 Å². The molecule has 1 aliphatic carbocycles. The lowest BCUT2D eigenvalue weighted by molar-refractivity contribution is 0.253. The second-order valence-electron chi connectivity index (χ2n) is 5.62. The number of nitrogens with zero attached hydrogens (tertiary/aromatic N) is 1. The molecule has 2 nitrogen and oxygen atoms in total. The van der Waals surface area contributed by atoms with Gasteiger partial charge in [0.2, 0.25) is 0 Å². The Hall–Kier alpha value is -0.860. The summed E-state index contributed by atoms with van der Waals surface area (Å²) in [4.78, 5) is 2.49. The van der Waals surface area contributed by atoms with E-state index in [1.807, 2.05) is 0 Å². The molecule has 2 heteroatoms. The Morgan fingerprint density at radius 1 is 1.22 bits per heavy atom. The van der Waals surface area contributed by atoms with Crippen molar-refractivity contribution in [2.75, 3.05) is 27.2 Å². The lowest BCUT2D eigenvalue weighted by Gasteiger charge is -2.26. The Morgan fingerprint density at radius 3 is 2.50 bits per heavy atom. The van der Waals surface area contributed by atoms with Crippen molar-refractivity contribution >= 4 is 0 Å². The number of rotatable bonds is 6. The molecule has 0 saturated heterocycles. The predicted octanol–water partition coefficient (Wildman–Crippen LogP) is 3.07. The largest absolute Gasteiger partial charge is 0.312 e. The van der Waals surface area contributed by atoms with E-state index in [1.165, 1.54) is 37.8 Å². The van der Waals surface area contributed by atoms with Crippen molar-refractivity contribution in [3.8, 4) is 0 Å². The zero-order chi connectivity index (χ0) is 12.8. The molecular weight excluding hydrogens is 220 g/mol. The minimum absolute atomic E-state index is 0.442. The fourth-order valence-electron chi connectivity index (χ4n) is 3.07. The normalized spacial score (nSPS) is 18.4. The Labute approximate surface area is 111 Å². The highest BCUT2D eigenvalue weighted by Crippen LogP contribution is 2.25. The van der Waals surface area contributed by atoms with Crippen LogP contribution in [0.2, 0.25) is 0 Å². The molecule has 1 N–H and O–H groups in total. The third-order valence-electron chi connectivity index (χ3n) is 4.09. The van der Waals surface area contributed by atoms with E-state index < -0.39 is 0 Å². The third kappa shape index (κ3) is 3.82. The van der Waals surface area contributed by atoms with E-state index in [0.717, 1.165) is 12.5 Å². The Bertz CT molecular complexity index is 330. The quantitative estimate of drug-likeness (QED) is 0.830. The predicted molar refractivity (Wildman–Crippen MR) is 77.7 cm³/mol. The van der Waals surface area contributed by atoms with Crippen molar-refractivity contribution in [3.63, 3.8) is 0 Å². The van der Waals surface area contributed by atoms with Crippen LogP contribution in [0.15, 0.2) is 30.3 Å². The highest BCUT2D eigenvalue weighted by atomic mass is 15.1. The second kappa shape index (κ2) is 6.91. The third-order valence-corrected chi connectivity index (χ3v) is 4.09. The zero-order valence-corrected chi connectivity index (χ0v) is 11.7. The molecule has 0 amide bonds. The van der Waals surface area contributed by atoms with Crippen LogP contribution in [0.1, 0.15) is 37.3 Å². The number of hydrogen-bond donors (Lipinski definition) is 1. The van der Waals surface area contributed by atoms with Gasteiger partial charge in [0, 0.05) is 19.1 Å². The van der Waals surface area contributed by atoms with Gasteiger partial charge >= 0.3 is 0 Å². The maximum absolute atomic E-state index is 3.43. The van der Waals surface area contributed by atoms with Gasteiger partial charge in [-0.05, 0) is 38.4 Å². The van der Waals surface area contributed by atoms with Crippen molar-refractivity contribution in [2.45, 2.75) is 31.7 Å². The average Bonchev–Trinajstić information content (AvgIpc) is 2.90. The molecule has 18 heavy (non-hydrogen) atoms. The maximum atomic E-state index is 3.43. The molecule has 0 aliphatic heterocycles. The van der Waals surface area contributed by atoms with Crippen molar-refractivity contribution in [2.24, 2.45) is 5.92 Å². The standard InChI is InChI=1S/C16H26N2/c1-17-16(15-10-4-3-5-11-15)13-18(2)12-14-8-6-7-9-14/h3-5,10-11,14,16-17H,6-9,12-13H2,1-2H3. The van der Waals surface area contributed by atoms with Gasteiger partial charge < -0.3 is 10.2 Å². The topological polar surface area (TPSA) is 15.3 Å². The minimum Gasteiger partial charge on any atom is -0.312 e. The summed E-state index contributed by atoms with van der Waals surface area (Å²) in [7, 11) is 4.31. The van der Waals surface area contributed by atoms with E-state index in [0.29, 0.717) is 6.04 Å². The Balaban J connectivity index is 1.85. The molecule has 1 aromatic rings. The van der Waals surface area contributed by atoms with Crippen LogP contribution in [-0.2, 0) is 0 Å². The van der Waals surface area contributed by atoms with E-state index in [9.17, 15) is 0 Å². The molecule has 1 atom stereocenters. The van der Waals surface area contributed by atoms with E-state index >= 15 is 0 Å². The number of hydrogen-bond acceptors (Lipinski definition) is 2. The van der Waals surface area contributed by atoms with Crippen LogP contribution in [-0.4, -0.2) is 32.1 Å². The summed E-state index contributed by atoms with van der Waals surface area (Å²) in [6, 6.07) is 11.2. The van der Waals surface area contributed by atoms with E-state index in [2.05, 4.69) is 54.6 Å². The molecule has 1 aliphatic rings. The van der Waals surface area contributed by atoms with Crippen molar-refractivity contribution in [1.29, 1.82) is 0 Å². The Morgan fingerprint density at radius 2 is 1.89 bits per heavy atom. The lowest BCUT2D eigenvalue weighted by Crippen LogP contribution is -2.33. The highest BCUT2D eigenvalue weighted by molar-refractivity contribution is 5.19. The summed E-state index contributed by atoms with van der Waals surface area (Å²) in [5.41, 5.74) is 1.39. The van der Waals surface area contributed by atoms with Crippen LogP contribution in [0.4, 0.5) is 0 Å². The molecule has 0 aromatic heterocycles. The van der Waals surface area contributed by atoms with Gasteiger partial charge in [0.05, 0.1) is 0 Å². The fourth-order valence-corrected chi connectivity index (χ4v) is 3.07. The van der Waals surface area contributed by atoms with Gasteiger partial charge in [0.25, 0.3) is 0 Å². The fraction of sp³-hybridized carbons (Fsp3) is 0.625. The summed E-state index contributed by atoms with van der Waals surface area (Å²) in [6.07, 6.45) is 5.74. The molecule has 100 valence electrons. The number of likely N-dealkylation sites (N-methyl/N-ethyl adjacent to an activating group) is 2. The summed E-state index contributed by atoms with van der Waals surface area (Å²) in [5, 5.41) is 3.43. The van der Waals surface area contributed by atoms with E-state index in [-0.39, 0.29) is 0 Å². The molecule has 0 radical (unpaired) electrons. The first-order valence-corrected chi connectivity index (χ1v) is 7.20. The molecule has 1 saturated carbocycles. The number of nitrogens with one attached hydrogen (secondary N) is 1. The molecule has 0 spiro atoms. The van der Waals surface area contributed by atoms with Gasteiger partial charge in [-0.1, -0.05) is 43.2 Å². The first kappa shape index (κ1) is 13.6. The van der Waals surface area contributed by atoms with Gasteiger partial charge in [-0.2, -0.15) is 0 Å². The monoisotopic (exact) mass is 246 g/mol. The van der Waals surface area contributed by atoms with Crippen LogP contribution in [0.5, 0.6) is 0 Å². The first-order valence-electron chi connectivity index (χ1n) is 7.20. The minimum atomic E-state index is 0.442. The van der Waals surface area contributed by atoms with Crippen LogP contribution in [0.3, 0.4) is 0 Å². The van der Waals surface area contributed by atoms with Crippen LogP contribution in [0, 0.1) is 5.92 Å². The van der Waals surface area contributed by atoms with Gasteiger partial charge in [0.15, 0.2) is 0 Å². The molecular formula is C16H26N2. The summed E-state index contributed by atoms with van der Waals surface area (Å²) in [6.45, 7) is 2.35. The first-order chi connectivity index (χ1) is 8.79. The van der Waals surface area contributed by atoms with Crippen LogP contribution < -0.4 is 5.32 Å². The maximum Gasteiger partial charge on any atom is 0.0446 e. The zero-order valence-electron chi connectivity index (χ0n) is 11.7. The highest BCUT2D eigenvalue weighted by Gasteiger charge is 2.18. The molecule has 2 rings (SSSR count). The lowest BCUT2D eigenvalue weighted by atomic mass is 10.0. The van der Waals surface area contributed by atoms with Gasteiger partial charge in [-0.25, -0.2) is 0 Å². The molecule has 1 aromatic carbocycles. The SMILES string of the molecule is CNC(CN(C)CC1CCCC1)c1ccccc1. The van der Waals surface area contributed by atoms with Crippen molar-refractivity contribution in [3.05, 3.63) is 35.9 Å². The molecule has 1 unspecified atom stereocenters. The molecule has 1 fully saturated rings. The van der Waals surface area contributed by atoms with E-state index in [4.69, 9.17) is 0 Å². The second-order valence-corrected chi connectivity index (χ2v) is 5.62. The summed E-state index contributed by atoms with van der Waals surface area (Å²) in [5.74, 6) is 0.934. The van der Waals surface area contributed by atoms with E-state index in [1.54, 1.807) is 0 Å². The smallest absolute Gasteiger partial charge is 0.0446 e. The van der Waals surface area contributed by atoms with Gasteiger partial charge in [0.1, 0.15) is 0 Å². The Kier molecular flexibility index (Phi) is 5.21. The average molecular weight is 246 g/mol. The summed E-state index contributed by atoms with van der Waals surface area (Å²) >= 11 is 0. The molecule has 0 bridgehead atoms. The molecule has 0 heterocycles. The van der Waals surface area contributed by atoms with Gasteiger partial charge in [-0.15, -0.1) is 0 Å².